The van der Waals surface area contributed by atoms with Crippen LogP contribution < -0.4 is 10.1 Å². The van der Waals surface area contributed by atoms with Crippen molar-refractivity contribution in [1.82, 2.24) is 5.32 Å². The topological polar surface area (TPSA) is 38.3 Å². The number of carbonyl (C=O) groups excluding carboxylic acids is 1. The lowest BCUT2D eigenvalue weighted by atomic mass is 10.1. The molecule has 0 aliphatic heterocycles. The first-order valence-electron chi connectivity index (χ1n) is 6.21. The summed E-state index contributed by atoms with van der Waals surface area (Å²) >= 11 is 3.48. The van der Waals surface area contributed by atoms with Crippen LogP contribution >= 0.6 is 15.9 Å². The summed E-state index contributed by atoms with van der Waals surface area (Å²) in [6, 6.07) is 7.43. The molecule has 0 radical (unpaired) electrons. The minimum absolute atomic E-state index is 0.0836. The number of benzene rings is 1. The van der Waals surface area contributed by atoms with E-state index in [2.05, 4.69) is 28.2 Å². The molecule has 1 amide bonds. The fourth-order valence-electron chi connectivity index (χ4n) is 1.78. The Morgan fingerprint density at radius 2 is 2.06 bits per heavy atom. The van der Waals surface area contributed by atoms with Crippen molar-refractivity contribution < 1.29 is 9.53 Å². The summed E-state index contributed by atoms with van der Waals surface area (Å²) in [5, 5.41) is 2.98. The fourth-order valence-corrected chi connectivity index (χ4v) is 2.34. The van der Waals surface area contributed by atoms with E-state index in [1.165, 1.54) is 0 Å². The minimum atomic E-state index is -0.0836. The summed E-state index contributed by atoms with van der Waals surface area (Å²) in [4.78, 5) is 12.5. The third kappa shape index (κ3) is 4.69. The van der Waals surface area contributed by atoms with Crippen molar-refractivity contribution in [3.05, 3.63) is 29.8 Å². The van der Waals surface area contributed by atoms with E-state index in [1.54, 1.807) is 6.07 Å². The zero-order valence-corrected chi connectivity index (χ0v) is 12.7. The predicted octanol–water partition coefficient (Wildman–Crippen LogP) is 3.38. The second-order valence-electron chi connectivity index (χ2n) is 4.32. The van der Waals surface area contributed by atoms with Gasteiger partial charge in [0.2, 0.25) is 0 Å². The third-order valence-electron chi connectivity index (χ3n) is 2.49. The molecule has 2 unspecified atom stereocenters. The Bertz CT molecular complexity index is 393. The molecule has 100 valence electrons. The van der Waals surface area contributed by atoms with Gasteiger partial charge >= 0.3 is 0 Å². The molecule has 1 aromatic rings. The van der Waals surface area contributed by atoms with Crippen LogP contribution in [-0.2, 0) is 0 Å². The van der Waals surface area contributed by atoms with Gasteiger partial charge in [0.15, 0.2) is 0 Å². The van der Waals surface area contributed by atoms with E-state index in [-0.39, 0.29) is 11.9 Å². The monoisotopic (exact) mass is 313 g/mol. The lowest BCUT2D eigenvalue weighted by Crippen LogP contribution is -2.34. The van der Waals surface area contributed by atoms with Crippen LogP contribution in [0.15, 0.2) is 24.3 Å². The first-order valence-corrected chi connectivity index (χ1v) is 7.13. The molecule has 1 rings (SSSR count). The molecule has 0 aromatic heterocycles. The van der Waals surface area contributed by atoms with E-state index in [0.29, 0.717) is 22.7 Å². The maximum atomic E-state index is 12.1. The highest BCUT2D eigenvalue weighted by Crippen LogP contribution is 2.18. The molecule has 18 heavy (non-hydrogen) atoms. The van der Waals surface area contributed by atoms with Crippen LogP contribution in [0.3, 0.4) is 0 Å². The Morgan fingerprint density at radius 1 is 1.39 bits per heavy atom. The van der Waals surface area contributed by atoms with E-state index >= 15 is 0 Å². The molecule has 2 atom stereocenters. The van der Waals surface area contributed by atoms with Crippen molar-refractivity contribution in [3.8, 4) is 5.75 Å². The summed E-state index contributed by atoms with van der Waals surface area (Å²) in [6.07, 6.45) is 0.891. The van der Waals surface area contributed by atoms with Gasteiger partial charge in [0.05, 0.1) is 12.2 Å². The van der Waals surface area contributed by atoms with Crippen LogP contribution in [0.1, 0.15) is 37.6 Å². The molecule has 0 aliphatic rings. The summed E-state index contributed by atoms with van der Waals surface area (Å²) in [5.74, 6) is 0.552. The number of amides is 1. The fraction of sp³-hybridized carbons (Fsp3) is 0.500. The Morgan fingerprint density at radius 3 is 2.67 bits per heavy atom. The number of nitrogens with one attached hydrogen (secondary N) is 1. The number of alkyl halides is 1. The van der Waals surface area contributed by atoms with Gasteiger partial charge in [-0.05, 0) is 32.4 Å². The van der Waals surface area contributed by atoms with Crippen LogP contribution in [0.5, 0.6) is 5.75 Å². The van der Waals surface area contributed by atoms with Gasteiger partial charge in [0.25, 0.3) is 5.91 Å². The smallest absolute Gasteiger partial charge is 0.255 e. The van der Waals surface area contributed by atoms with Gasteiger partial charge in [-0.25, -0.2) is 0 Å². The van der Waals surface area contributed by atoms with Crippen molar-refractivity contribution in [1.29, 1.82) is 0 Å². The van der Waals surface area contributed by atoms with Gasteiger partial charge < -0.3 is 10.1 Å². The molecule has 0 fully saturated rings. The van der Waals surface area contributed by atoms with E-state index in [1.807, 2.05) is 32.0 Å². The highest BCUT2D eigenvalue weighted by atomic mass is 79.9. The summed E-state index contributed by atoms with van der Waals surface area (Å²) < 4.78 is 5.45. The van der Waals surface area contributed by atoms with E-state index in [0.717, 1.165) is 6.42 Å². The highest BCUT2D eigenvalue weighted by molar-refractivity contribution is 9.09. The van der Waals surface area contributed by atoms with Gasteiger partial charge in [0, 0.05) is 10.9 Å². The first-order chi connectivity index (χ1) is 8.54. The molecular formula is C14H20BrNO2. The average Bonchev–Trinajstić information content (AvgIpc) is 2.28. The van der Waals surface area contributed by atoms with E-state index in [9.17, 15) is 4.79 Å². The average molecular weight is 314 g/mol. The van der Waals surface area contributed by atoms with Gasteiger partial charge in [-0.3, -0.25) is 4.79 Å². The van der Waals surface area contributed by atoms with Crippen molar-refractivity contribution >= 4 is 21.8 Å². The molecule has 0 spiro atoms. The van der Waals surface area contributed by atoms with E-state index in [4.69, 9.17) is 4.74 Å². The predicted molar refractivity (Wildman–Crippen MR) is 77.5 cm³/mol. The maximum Gasteiger partial charge on any atom is 0.255 e. The van der Waals surface area contributed by atoms with Gasteiger partial charge in [0.1, 0.15) is 5.75 Å². The van der Waals surface area contributed by atoms with Crippen LogP contribution in [-0.4, -0.2) is 23.4 Å². The number of ether oxygens (including phenoxy) is 1. The lowest BCUT2D eigenvalue weighted by Gasteiger charge is -2.16. The molecule has 4 heteroatoms. The number of hydrogen-bond donors (Lipinski definition) is 1. The first kappa shape index (κ1) is 15.0. The van der Waals surface area contributed by atoms with Gasteiger partial charge in [-0.15, -0.1) is 0 Å². The maximum absolute atomic E-state index is 12.1. The molecule has 3 nitrogen and oxygen atoms in total. The van der Waals surface area contributed by atoms with Crippen LogP contribution in [0.25, 0.3) is 0 Å². The molecule has 1 N–H and O–H groups in total. The molecular weight excluding hydrogens is 294 g/mol. The lowest BCUT2D eigenvalue weighted by molar-refractivity contribution is 0.0935. The second-order valence-corrected chi connectivity index (χ2v) is 5.88. The minimum Gasteiger partial charge on any atom is -0.493 e. The summed E-state index contributed by atoms with van der Waals surface area (Å²) in [6.45, 7) is 6.53. The Labute approximate surface area is 117 Å². The number of hydrogen-bond acceptors (Lipinski definition) is 2. The molecule has 0 saturated heterocycles. The Kier molecular flexibility index (Phi) is 6.19. The largest absolute Gasteiger partial charge is 0.493 e. The standard InChI is InChI=1S/C14H20BrNO2/c1-4-18-13-8-6-5-7-12(13)14(17)16-11(3)9-10(2)15/h5-8,10-11H,4,9H2,1-3H3,(H,16,17). The normalized spacial score (nSPS) is 13.8. The number of halogens is 1. The van der Waals surface area contributed by atoms with Crippen molar-refractivity contribution in [2.75, 3.05) is 6.61 Å². The SMILES string of the molecule is CCOc1ccccc1C(=O)NC(C)CC(C)Br. The van der Waals surface area contributed by atoms with Crippen LogP contribution in [0, 0.1) is 0 Å². The number of rotatable bonds is 6. The van der Waals surface area contributed by atoms with Crippen molar-refractivity contribution in [2.45, 2.75) is 38.1 Å². The zero-order valence-electron chi connectivity index (χ0n) is 11.1. The second kappa shape index (κ2) is 7.41. The molecule has 0 heterocycles. The molecule has 0 bridgehead atoms. The van der Waals surface area contributed by atoms with Gasteiger partial charge in [-0.2, -0.15) is 0 Å². The number of carbonyl (C=O) groups is 1. The quantitative estimate of drug-likeness (QED) is 0.818. The Balaban J connectivity index is 2.71. The molecule has 0 saturated carbocycles. The van der Waals surface area contributed by atoms with Crippen molar-refractivity contribution in [3.63, 3.8) is 0 Å². The number of para-hydroxylation sites is 1. The van der Waals surface area contributed by atoms with E-state index < -0.39 is 0 Å². The van der Waals surface area contributed by atoms with Gasteiger partial charge in [-0.1, -0.05) is 35.0 Å². The summed E-state index contributed by atoms with van der Waals surface area (Å²) in [5.41, 5.74) is 0.591. The Hall–Kier alpha value is -1.03. The highest BCUT2D eigenvalue weighted by Gasteiger charge is 2.15. The third-order valence-corrected chi connectivity index (χ3v) is 2.86. The van der Waals surface area contributed by atoms with Crippen LogP contribution in [0.4, 0.5) is 0 Å². The zero-order chi connectivity index (χ0) is 13.5. The summed E-state index contributed by atoms with van der Waals surface area (Å²) in [7, 11) is 0. The molecule has 0 aliphatic carbocycles. The van der Waals surface area contributed by atoms with Crippen LogP contribution in [0.2, 0.25) is 0 Å². The molecule has 1 aromatic carbocycles. The van der Waals surface area contributed by atoms with Crippen molar-refractivity contribution in [2.24, 2.45) is 0 Å².